The quantitative estimate of drug-likeness (QED) is 0.512. The van der Waals surface area contributed by atoms with Gasteiger partial charge in [-0.05, 0) is 25.7 Å². The molecule has 0 aliphatic heterocycles. The van der Waals surface area contributed by atoms with Gasteiger partial charge in [0.25, 0.3) is 0 Å². The van der Waals surface area contributed by atoms with E-state index in [1.165, 1.54) is 14.2 Å². The van der Waals surface area contributed by atoms with Crippen LogP contribution in [0.5, 0.6) is 0 Å². The molecule has 1 saturated carbocycles. The molecule has 2 atom stereocenters. The zero-order valence-electron chi connectivity index (χ0n) is 10.3. The first-order valence-corrected chi connectivity index (χ1v) is 5.62. The number of hydrogen-bond donors (Lipinski definition) is 2. The van der Waals surface area contributed by atoms with E-state index >= 15 is 0 Å². The van der Waals surface area contributed by atoms with Gasteiger partial charge >= 0.3 is 11.9 Å². The molecule has 4 N–H and O–H groups in total. The van der Waals surface area contributed by atoms with Crippen LogP contribution in [0.4, 0.5) is 0 Å². The van der Waals surface area contributed by atoms with Gasteiger partial charge in [-0.15, -0.1) is 0 Å². The van der Waals surface area contributed by atoms with Crippen LogP contribution >= 0.6 is 0 Å². The summed E-state index contributed by atoms with van der Waals surface area (Å²) in [5.41, 5.74) is 11.4. The molecule has 2 unspecified atom stereocenters. The Balaban J connectivity index is 2.72. The fraction of sp³-hybridized carbons (Fsp3) is 0.818. The van der Waals surface area contributed by atoms with Crippen molar-refractivity contribution in [1.82, 2.24) is 0 Å². The summed E-state index contributed by atoms with van der Waals surface area (Å²) in [5.74, 6) is -2.18. The van der Waals surface area contributed by atoms with Crippen LogP contribution in [0.3, 0.4) is 0 Å². The zero-order chi connectivity index (χ0) is 13.1. The van der Waals surface area contributed by atoms with E-state index in [0.29, 0.717) is 12.8 Å². The minimum Gasteiger partial charge on any atom is -0.468 e. The van der Waals surface area contributed by atoms with Crippen LogP contribution < -0.4 is 11.5 Å². The summed E-state index contributed by atoms with van der Waals surface area (Å²) in [4.78, 5) is 23.0. The highest BCUT2D eigenvalue weighted by Gasteiger charge is 2.41. The van der Waals surface area contributed by atoms with Gasteiger partial charge in [-0.2, -0.15) is 0 Å². The van der Waals surface area contributed by atoms with Gasteiger partial charge in [0, 0.05) is 11.6 Å². The third kappa shape index (κ3) is 3.41. The van der Waals surface area contributed by atoms with E-state index in [2.05, 4.69) is 9.47 Å². The molecule has 1 aliphatic carbocycles. The molecule has 0 bridgehead atoms. The highest BCUT2D eigenvalue weighted by molar-refractivity contribution is 5.94. The van der Waals surface area contributed by atoms with Crippen molar-refractivity contribution in [3.63, 3.8) is 0 Å². The van der Waals surface area contributed by atoms with Gasteiger partial charge in [0.2, 0.25) is 0 Å². The standard InChI is InChI=1S/C11H20N2O4/c1-16-9(14)8(10(15)17-2)6-11(13)4-3-7(12)5-11/h7-8H,3-6,12-13H2,1-2H3. The van der Waals surface area contributed by atoms with Gasteiger partial charge in [-0.1, -0.05) is 0 Å². The Kier molecular flexibility index (Phi) is 4.47. The SMILES string of the molecule is COC(=O)C(CC1(N)CCC(N)C1)C(=O)OC. The summed E-state index contributed by atoms with van der Waals surface area (Å²) in [6, 6.07) is 0.0379. The average Bonchev–Trinajstić information content (AvgIpc) is 2.64. The molecule has 0 aromatic heterocycles. The third-order valence-corrected chi connectivity index (χ3v) is 3.26. The van der Waals surface area contributed by atoms with E-state index in [1.54, 1.807) is 0 Å². The van der Waals surface area contributed by atoms with Gasteiger partial charge in [0.15, 0.2) is 5.92 Å². The maximum absolute atomic E-state index is 11.5. The minimum absolute atomic E-state index is 0.0379. The Morgan fingerprint density at radius 3 is 2.24 bits per heavy atom. The van der Waals surface area contributed by atoms with Crippen LogP contribution in [-0.4, -0.2) is 37.7 Å². The van der Waals surface area contributed by atoms with Crippen LogP contribution in [0.1, 0.15) is 25.7 Å². The smallest absolute Gasteiger partial charge is 0.320 e. The topological polar surface area (TPSA) is 105 Å². The molecule has 1 fully saturated rings. The molecule has 0 aromatic rings. The molecule has 0 radical (unpaired) electrons. The highest BCUT2D eigenvalue weighted by Crippen LogP contribution is 2.32. The Hall–Kier alpha value is -1.14. The van der Waals surface area contributed by atoms with Crippen LogP contribution in [0.25, 0.3) is 0 Å². The van der Waals surface area contributed by atoms with Crippen LogP contribution in [0.15, 0.2) is 0 Å². The largest absolute Gasteiger partial charge is 0.468 e. The second-order valence-electron chi connectivity index (χ2n) is 4.67. The van der Waals surface area contributed by atoms with E-state index < -0.39 is 23.4 Å². The molecule has 0 heterocycles. The molecule has 0 spiro atoms. The molecule has 0 amide bonds. The Bertz CT molecular complexity index is 292. The molecule has 17 heavy (non-hydrogen) atoms. The van der Waals surface area contributed by atoms with Gasteiger partial charge < -0.3 is 20.9 Å². The fourth-order valence-corrected chi connectivity index (χ4v) is 2.34. The predicted molar refractivity (Wildman–Crippen MR) is 60.9 cm³/mol. The van der Waals surface area contributed by atoms with Crippen molar-refractivity contribution in [2.45, 2.75) is 37.3 Å². The van der Waals surface area contributed by atoms with E-state index in [0.717, 1.165) is 6.42 Å². The van der Waals surface area contributed by atoms with E-state index in [4.69, 9.17) is 11.5 Å². The lowest BCUT2D eigenvalue weighted by atomic mass is 9.86. The van der Waals surface area contributed by atoms with Crippen molar-refractivity contribution in [2.75, 3.05) is 14.2 Å². The van der Waals surface area contributed by atoms with E-state index in [-0.39, 0.29) is 12.5 Å². The molecular formula is C11H20N2O4. The van der Waals surface area contributed by atoms with Crippen LogP contribution in [0.2, 0.25) is 0 Å². The third-order valence-electron chi connectivity index (χ3n) is 3.26. The number of rotatable bonds is 4. The maximum atomic E-state index is 11.5. The lowest BCUT2D eigenvalue weighted by Gasteiger charge is -2.26. The summed E-state index contributed by atoms with van der Waals surface area (Å²) in [7, 11) is 2.48. The second-order valence-corrected chi connectivity index (χ2v) is 4.67. The summed E-state index contributed by atoms with van der Waals surface area (Å²) >= 11 is 0. The van der Waals surface area contributed by atoms with Crippen LogP contribution in [0, 0.1) is 5.92 Å². The predicted octanol–water partition coefficient (Wildman–Crippen LogP) is -0.453. The van der Waals surface area contributed by atoms with Crippen molar-refractivity contribution in [3.05, 3.63) is 0 Å². The first-order valence-electron chi connectivity index (χ1n) is 5.62. The first-order chi connectivity index (χ1) is 7.91. The summed E-state index contributed by atoms with van der Waals surface area (Å²) in [6.07, 6.45) is 2.35. The molecule has 6 heteroatoms. The average molecular weight is 244 g/mol. The Morgan fingerprint density at radius 2 is 1.88 bits per heavy atom. The minimum atomic E-state index is -0.958. The van der Waals surface area contributed by atoms with Gasteiger partial charge in [-0.3, -0.25) is 9.59 Å². The number of hydrogen-bond acceptors (Lipinski definition) is 6. The van der Waals surface area contributed by atoms with Crippen molar-refractivity contribution in [1.29, 1.82) is 0 Å². The molecule has 98 valence electrons. The molecule has 6 nitrogen and oxygen atoms in total. The Labute approximate surface area is 101 Å². The van der Waals surface area contributed by atoms with Crippen molar-refractivity contribution < 1.29 is 19.1 Å². The fourth-order valence-electron chi connectivity index (χ4n) is 2.34. The summed E-state index contributed by atoms with van der Waals surface area (Å²) < 4.78 is 9.18. The number of methoxy groups -OCH3 is 2. The first kappa shape index (κ1) is 13.9. The second kappa shape index (κ2) is 5.46. The maximum Gasteiger partial charge on any atom is 0.320 e. The number of nitrogens with two attached hydrogens (primary N) is 2. The monoisotopic (exact) mass is 244 g/mol. The highest BCUT2D eigenvalue weighted by atomic mass is 16.5. The van der Waals surface area contributed by atoms with E-state index in [1.807, 2.05) is 0 Å². The van der Waals surface area contributed by atoms with Gasteiger partial charge in [-0.25, -0.2) is 0 Å². The molecule has 1 aliphatic rings. The Morgan fingerprint density at radius 1 is 1.35 bits per heavy atom. The van der Waals surface area contributed by atoms with E-state index in [9.17, 15) is 9.59 Å². The number of carbonyl (C=O) groups is 2. The number of carbonyl (C=O) groups excluding carboxylic acids is 2. The molecular weight excluding hydrogens is 224 g/mol. The molecule has 0 aromatic carbocycles. The van der Waals surface area contributed by atoms with Crippen molar-refractivity contribution in [2.24, 2.45) is 17.4 Å². The summed E-state index contributed by atoms with van der Waals surface area (Å²) in [6.45, 7) is 0. The molecule has 1 rings (SSSR count). The molecule has 0 saturated heterocycles. The zero-order valence-corrected chi connectivity index (χ0v) is 10.3. The van der Waals surface area contributed by atoms with Crippen LogP contribution in [-0.2, 0) is 19.1 Å². The van der Waals surface area contributed by atoms with Crippen molar-refractivity contribution >= 4 is 11.9 Å². The van der Waals surface area contributed by atoms with Gasteiger partial charge in [0.05, 0.1) is 14.2 Å². The number of ether oxygens (including phenoxy) is 2. The lowest BCUT2D eigenvalue weighted by molar-refractivity contribution is -0.159. The lowest BCUT2D eigenvalue weighted by Crippen LogP contribution is -2.44. The van der Waals surface area contributed by atoms with Crippen molar-refractivity contribution in [3.8, 4) is 0 Å². The van der Waals surface area contributed by atoms with Gasteiger partial charge in [0.1, 0.15) is 0 Å². The summed E-state index contributed by atoms with van der Waals surface area (Å²) in [5, 5.41) is 0. The number of esters is 2. The normalized spacial score (nSPS) is 28.2.